The zero-order chi connectivity index (χ0) is 47.4. The molecule has 2 aliphatic carbocycles. The molecule has 16 heteroatoms. The summed E-state index contributed by atoms with van der Waals surface area (Å²) in [6.07, 6.45) is 4.33. The normalized spacial score (nSPS) is 22.4. The van der Waals surface area contributed by atoms with Gasteiger partial charge in [-0.2, -0.15) is 0 Å². The van der Waals surface area contributed by atoms with Crippen molar-refractivity contribution in [2.75, 3.05) is 38.0 Å². The maximum Gasteiger partial charge on any atom is 0.336 e. The number of amides is 3. The van der Waals surface area contributed by atoms with Crippen LogP contribution in [0.4, 0.5) is 11.4 Å². The highest BCUT2D eigenvalue weighted by atomic mass is 79.9. The molecule has 4 aromatic carbocycles. The molecule has 338 valence electrons. The SMILES string of the molecule is Cc1cc2c(s1)C(=O)C1(O[C@@H](c3ccc(Br)c(Br)c3)[C@H]3C(=O)N(c4ccc(CNC(=O)c5ccc(C6=C7C=CC(N(C)C)=CC7Oc7cc(N(C)C)ccc76)c(C(=O)O)c5)cc4)C(=O)[C@H]31)C2=O. The van der Waals surface area contributed by atoms with Crippen LogP contribution in [0.3, 0.4) is 0 Å². The number of thiophene rings is 1. The Bertz CT molecular complexity index is 3120. The quantitative estimate of drug-likeness (QED) is 0.108. The maximum atomic E-state index is 14.5. The molecule has 1 spiro atoms. The number of carboxylic acids is 1. The fraction of sp³-hybridized carbons (Fsp3) is 0.216. The Balaban J connectivity index is 0.908. The summed E-state index contributed by atoms with van der Waals surface area (Å²) in [5, 5.41) is 13.4. The van der Waals surface area contributed by atoms with Crippen LogP contribution in [-0.2, 0) is 20.9 Å². The van der Waals surface area contributed by atoms with Crippen molar-refractivity contribution < 1.29 is 43.3 Å². The minimum absolute atomic E-state index is 0.0277. The van der Waals surface area contributed by atoms with Crippen molar-refractivity contribution >= 4 is 95.4 Å². The lowest BCUT2D eigenvalue weighted by atomic mass is 9.77. The number of likely N-dealkylation sites (N-methyl/N-ethyl adjacent to an activating group) is 1. The summed E-state index contributed by atoms with van der Waals surface area (Å²) in [7, 11) is 7.74. The molecule has 0 bridgehead atoms. The standard InChI is InChI=1S/C51H40Br2N4O9S/c1-24-18-35-44(67-24)46(59)51(45(35)58)42-41(43(66-51)26-9-17-36(52)37(53)20-26)48(61)57(49(42)62)28-10-6-25(7-11-28)23-54-47(60)27-8-14-31(34(19-27)50(63)64)40-32-15-12-29(55(2)3)21-38(32)65-39-22-30(56(4)5)13-16-33(39)40/h6-22,38,41-43H,23H2,1-5H3,(H,54,60)(H,63,64)/t38?,41-,42-,43-,51?/m0/s1. The average Bonchev–Trinajstić information content (AvgIpc) is 4.01. The van der Waals surface area contributed by atoms with Gasteiger partial charge in [0.15, 0.2) is 0 Å². The number of fused-ring (bicyclic) bond motifs is 5. The predicted octanol–water partition coefficient (Wildman–Crippen LogP) is 8.55. The highest BCUT2D eigenvalue weighted by Gasteiger charge is 2.75. The second-order valence-electron chi connectivity index (χ2n) is 17.4. The van der Waals surface area contributed by atoms with Crippen LogP contribution < -0.4 is 19.9 Å². The molecule has 2 unspecified atom stereocenters. The summed E-state index contributed by atoms with van der Waals surface area (Å²) in [4.78, 5) is 90.1. The highest BCUT2D eigenvalue weighted by Crippen LogP contribution is 2.59. The molecule has 5 atom stereocenters. The fourth-order valence-electron chi connectivity index (χ4n) is 9.71. The Hall–Kier alpha value is -6.46. The summed E-state index contributed by atoms with van der Waals surface area (Å²) in [5.74, 6) is -6.26. The average molecular weight is 1040 g/mol. The smallest absolute Gasteiger partial charge is 0.336 e. The van der Waals surface area contributed by atoms with E-state index in [-0.39, 0.29) is 33.8 Å². The predicted molar refractivity (Wildman–Crippen MR) is 259 cm³/mol. The third-order valence-corrected chi connectivity index (χ3v) is 15.9. The second kappa shape index (κ2) is 16.4. The van der Waals surface area contributed by atoms with Gasteiger partial charge < -0.3 is 29.7 Å². The third kappa shape index (κ3) is 7.02. The van der Waals surface area contributed by atoms with Crippen molar-refractivity contribution in [1.82, 2.24) is 10.2 Å². The number of nitrogens with one attached hydrogen (secondary N) is 1. The molecule has 3 aliphatic heterocycles. The number of carbonyl (C=O) groups is 6. The first-order valence-electron chi connectivity index (χ1n) is 21.2. The number of halogens is 2. The first-order valence-corrected chi connectivity index (χ1v) is 23.6. The molecule has 2 N–H and O–H groups in total. The minimum Gasteiger partial charge on any atom is -0.481 e. The number of ketones is 2. The number of ether oxygens (including phenoxy) is 2. The van der Waals surface area contributed by atoms with E-state index in [0.29, 0.717) is 32.5 Å². The van der Waals surface area contributed by atoms with Crippen LogP contribution in [0.15, 0.2) is 123 Å². The molecule has 0 saturated carbocycles. The molecule has 2 saturated heterocycles. The summed E-state index contributed by atoms with van der Waals surface area (Å²) in [6.45, 7) is 1.82. The topological polar surface area (TPSA) is 163 Å². The number of anilines is 2. The molecule has 2 fully saturated rings. The first kappa shape index (κ1) is 44.4. The van der Waals surface area contributed by atoms with Gasteiger partial charge in [0.1, 0.15) is 11.9 Å². The van der Waals surface area contributed by atoms with E-state index in [1.54, 1.807) is 67.6 Å². The van der Waals surface area contributed by atoms with Crippen molar-refractivity contribution in [3.8, 4) is 5.75 Å². The largest absolute Gasteiger partial charge is 0.481 e. The lowest BCUT2D eigenvalue weighted by Gasteiger charge is -2.33. The van der Waals surface area contributed by atoms with Gasteiger partial charge in [0.25, 0.3) is 5.91 Å². The van der Waals surface area contributed by atoms with E-state index in [4.69, 9.17) is 9.47 Å². The Kier molecular flexibility index (Phi) is 10.9. The molecule has 67 heavy (non-hydrogen) atoms. The third-order valence-electron chi connectivity index (χ3n) is 13.0. The number of benzene rings is 4. The molecule has 5 aromatic rings. The van der Waals surface area contributed by atoms with Crippen LogP contribution >= 0.6 is 43.2 Å². The molecule has 13 nitrogen and oxygen atoms in total. The van der Waals surface area contributed by atoms with Gasteiger partial charge in [-0.3, -0.25) is 24.0 Å². The van der Waals surface area contributed by atoms with E-state index < -0.39 is 64.9 Å². The van der Waals surface area contributed by atoms with Gasteiger partial charge in [0.05, 0.1) is 34.1 Å². The van der Waals surface area contributed by atoms with Crippen molar-refractivity contribution in [1.29, 1.82) is 0 Å². The number of carbonyl (C=O) groups excluding carboxylic acids is 5. The van der Waals surface area contributed by atoms with Gasteiger partial charge in [-0.25, -0.2) is 9.69 Å². The molecule has 1 aromatic heterocycles. The minimum atomic E-state index is -2.19. The van der Waals surface area contributed by atoms with E-state index in [9.17, 15) is 33.9 Å². The number of hydrogen-bond acceptors (Lipinski definition) is 11. The number of nitrogens with zero attached hydrogens (tertiary/aromatic N) is 3. The fourth-order valence-corrected chi connectivity index (χ4v) is 11.4. The molecule has 4 heterocycles. The Labute approximate surface area is 405 Å². The van der Waals surface area contributed by atoms with Gasteiger partial charge >= 0.3 is 5.97 Å². The van der Waals surface area contributed by atoms with E-state index in [1.807, 2.05) is 74.4 Å². The zero-order valence-corrected chi connectivity index (χ0v) is 40.5. The number of rotatable bonds is 9. The monoisotopic (exact) mass is 1040 g/mol. The summed E-state index contributed by atoms with van der Waals surface area (Å²) >= 11 is 8.12. The van der Waals surface area contributed by atoms with Crippen LogP contribution in [0.5, 0.6) is 5.75 Å². The van der Waals surface area contributed by atoms with Gasteiger partial charge in [0.2, 0.25) is 29.0 Å². The number of Topliss-reactive ketones (excluding diaryl/α,β-unsaturated/α-hetero) is 2. The number of imide groups is 1. The van der Waals surface area contributed by atoms with Gasteiger partial charge in [-0.1, -0.05) is 30.3 Å². The van der Waals surface area contributed by atoms with E-state index >= 15 is 0 Å². The molecule has 5 aliphatic rings. The highest BCUT2D eigenvalue weighted by molar-refractivity contribution is 9.13. The summed E-state index contributed by atoms with van der Waals surface area (Å²) in [5.41, 5.74) is 3.93. The molecule has 10 rings (SSSR count). The summed E-state index contributed by atoms with van der Waals surface area (Å²) in [6, 6.07) is 23.7. The number of carboxylic acid groups (broad SMARTS) is 1. The summed E-state index contributed by atoms with van der Waals surface area (Å²) < 4.78 is 14.3. The van der Waals surface area contributed by atoms with Crippen molar-refractivity contribution in [2.24, 2.45) is 11.8 Å². The number of aryl methyl sites for hydroxylation is 1. The van der Waals surface area contributed by atoms with Crippen LogP contribution in [0, 0.1) is 18.8 Å². The number of allylic oxidation sites excluding steroid dienone is 1. The van der Waals surface area contributed by atoms with Crippen LogP contribution in [0.2, 0.25) is 0 Å². The van der Waals surface area contributed by atoms with Gasteiger partial charge in [-0.15, -0.1) is 11.3 Å². The molecular formula is C51H40Br2N4O9S. The number of hydrogen-bond donors (Lipinski definition) is 2. The lowest BCUT2D eigenvalue weighted by Crippen LogP contribution is -2.51. The Morgan fingerprint density at radius 3 is 2.25 bits per heavy atom. The van der Waals surface area contributed by atoms with Crippen molar-refractivity contribution in [3.05, 3.63) is 172 Å². The maximum absolute atomic E-state index is 14.5. The number of aromatic carboxylic acids is 1. The second-order valence-corrected chi connectivity index (χ2v) is 20.4. The van der Waals surface area contributed by atoms with Gasteiger partial charge in [0, 0.05) is 93.8 Å². The van der Waals surface area contributed by atoms with E-state index in [1.165, 1.54) is 6.07 Å². The van der Waals surface area contributed by atoms with E-state index in [2.05, 4.69) is 37.2 Å². The molecule has 0 radical (unpaired) electrons. The van der Waals surface area contributed by atoms with Crippen LogP contribution in [0.25, 0.3) is 5.57 Å². The zero-order valence-electron chi connectivity index (χ0n) is 36.6. The van der Waals surface area contributed by atoms with Crippen molar-refractivity contribution in [2.45, 2.75) is 31.3 Å². The lowest BCUT2D eigenvalue weighted by molar-refractivity contribution is -0.127. The molecular weight excluding hydrogens is 1000 g/mol. The first-order chi connectivity index (χ1) is 32.0. The van der Waals surface area contributed by atoms with Crippen molar-refractivity contribution in [3.63, 3.8) is 0 Å². The van der Waals surface area contributed by atoms with Crippen LogP contribution in [-0.4, -0.2) is 85.2 Å². The Morgan fingerprint density at radius 2 is 1.57 bits per heavy atom. The van der Waals surface area contributed by atoms with E-state index in [0.717, 1.165) is 48.1 Å². The molecule has 3 amide bonds. The van der Waals surface area contributed by atoms with Gasteiger partial charge in [-0.05, 0) is 122 Å². The van der Waals surface area contributed by atoms with Crippen LogP contribution in [0.1, 0.15) is 74.0 Å². The Morgan fingerprint density at radius 1 is 0.821 bits per heavy atom.